The predicted molar refractivity (Wildman–Crippen MR) is 92.1 cm³/mol. The molecule has 0 spiro atoms. The van der Waals surface area contributed by atoms with Crippen molar-refractivity contribution in [1.29, 1.82) is 0 Å². The van der Waals surface area contributed by atoms with E-state index in [1.807, 2.05) is 0 Å². The molecule has 0 bridgehead atoms. The molecule has 5 nitrogen and oxygen atoms in total. The van der Waals surface area contributed by atoms with E-state index in [-0.39, 0.29) is 5.43 Å². The van der Waals surface area contributed by atoms with Gasteiger partial charge in [0, 0.05) is 17.5 Å². The smallest absolute Gasteiger partial charge is 0.196 e. The Morgan fingerprint density at radius 1 is 0.957 bits per heavy atom. The molecule has 0 amide bonds. The van der Waals surface area contributed by atoms with E-state index in [1.165, 1.54) is 13.2 Å². The van der Waals surface area contributed by atoms with Gasteiger partial charge in [0.05, 0.1) is 31.2 Å². The van der Waals surface area contributed by atoms with Gasteiger partial charge in [-0.15, -0.1) is 0 Å². The Kier molecular flexibility index (Phi) is 3.93. The Morgan fingerprint density at radius 3 is 2.26 bits per heavy atom. The molecule has 2 aromatic carbocycles. The van der Waals surface area contributed by atoms with E-state index in [9.17, 15) is 4.79 Å². The Hall–Kier alpha value is -2.21. The van der Waals surface area contributed by atoms with Crippen molar-refractivity contribution in [3.63, 3.8) is 0 Å². The number of ether oxygens (including phenoxy) is 3. The number of methoxy groups -OCH3 is 3. The zero-order valence-corrected chi connectivity index (χ0v) is 14.7. The number of fused-ring (bicyclic) bond motifs is 2. The highest BCUT2D eigenvalue weighted by molar-refractivity contribution is 9.10. The lowest BCUT2D eigenvalue weighted by Crippen LogP contribution is -2.04. The minimum atomic E-state index is -0.156. The minimum Gasteiger partial charge on any atom is -0.496 e. The molecule has 0 atom stereocenters. The van der Waals surface area contributed by atoms with Crippen LogP contribution in [0.5, 0.6) is 17.2 Å². The van der Waals surface area contributed by atoms with E-state index in [0.717, 1.165) is 9.86 Å². The lowest BCUT2D eigenvalue weighted by molar-refractivity contribution is 0.392. The number of benzene rings is 2. The van der Waals surface area contributed by atoms with Crippen LogP contribution in [0.25, 0.3) is 21.7 Å². The molecule has 0 saturated carbocycles. The molecule has 0 unspecified atom stereocenters. The summed E-state index contributed by atoms with van der Waals surface area (Å²) in [6.07, 6.45) is 0. The predicted octanol–water partition coefficient (Wildman–Crippen LogP) is 4.04. The summed E-state index contributed by atoms with van der Waals surface area (Å²) in [5.74, 6) is 2.13. The van der Waals surface area contributed by atoms with E-state index >= 15 is 0 Å². The molecule has 0 aliphatic heterocycles. The van der Waals surface area contributed by atoms with Gasteiger partial charge in [0.15, 0.2) is 5.43 Å². The maximum atomic E-state index is 12.4. The van der Waals surface area contributed by atoms with Gasteiger partial charge in [-0.05, 0) is 28.9 Å². The molecule has 3 rings (SSSR count). The molecule has 0 aliphatic carbocycles. The van der Waals surface area contributed by atoms with E-state index < -0.39 is 0 Å². The number of rotatable bonds is 3. The maximum absolute atomic E-state index is 12.4. The molecule has 6 heteroatoms. The van der Waals surface area contributed by atoms with Crippen molar-refractivity contribution in [1.82, 2.24) is 0 Å². The van der Waals surface area contributed by atoms with Crippen molar-refractivity contribution in [2.75, 3.05) is 21.3 Å². The van der Waals surface area contributed by atoms with Gasteiger partial charge in [-0.3, -0.25) is 4.79 Å². The molecule has 3 aromatic rings. The normalized spacial score (nSPS) is 11.0. The van der Waals surface area contributed by atoms with Crippen LogP contribution in [-0.2, 0) is 0 Å². The lowest BCUT2D eigenvalue weighted by atomic mass is 10.0. The quantitative estimate of drug-likeness (QED) is 0.643. The van der Waals surface area contributed by atoms with Crippen molar-refractivity contribution >= 4 is 37.7 Å². The fourth-order valence-corrected chi connectivity index (χ4v) is 3.32. The van der Waals surface area contributed by atoms with Crippen LogP contribution < -0.4 is 19.6 Å². The van der Waals surface area contributed by atoms with Crippen LogP contribution in [0.3, 0.4) is 0 Å². The van der Waals surface area contributed by atoms with E-state index in [2.05, 4.69) is 15.9 Å². The average Bonchev–Trinajstić information content (AvgIpc) is 2.53. The third-order valence-electron chi connectivity index (χ3n) is 3.70. The van der Waals surface area contributed by atoms with Crippen molar-refractivity contribution in [3.05, 3.63) is 38.7 Å². The van der Waals surface area contributed by atoms with Gasteiger partial charge in [-0.2, -0.15) is 0 Å². The average molecular weight is 379 g/mol. The molecule has 0 fully saturated rings. The van der Waals surface area contributed by atoms with Crippen LogP contribution in [0.1, 0.15) is 5.76 Å². The molecule has 0 N–H and O–H groups in total. The van der Waals surface area contributed by atoms with Crippen molar-refractivity contribution in [3.8, 4) is 17.2 Å². The highest BCUT2D eigenvalue weighted by Gasteiger charge is 2.21. The molecule has 23 heavy (non-hydrogen) atoms. The second kappa shape index (κ2) is 5.77. The largest absolute Gasteiger partial charge is 0.496 e. The van der Waals surface area contributed by atoms with Crippen LogP contribution >= 0.6 is 15.9 Å². The summed E-state index contributed by atoms with van der Waals surface area (Å²) in [5, 5.41) is 1.85. The Morgan fingerprint density at radius 2 is 1.65 bits per heavy atom. The van der Waals surface area contributed by atoms with Crippen LogP contribution in [0, 0.1) is 6.92 Å². The zero-order valence-electron chi connectivity index (χ0n) is 13.2. The standard InChI is InChI=1S/C17H15BrO5/c1-8-5-10(19)15-12(23-8)6-9-14(17(15)22-4)11(20-2)7-13(21-3)16(9)18/h5-7H,1-4H3. The lowest BCUT2D eigenvalue weighted by Gasteiger charge is -2.15. The van der Waals surface area contributed by atoms with Crippen LogP contribution in [0.4, 0.5) is 0 Å². The van der Waals surface area contributed by atoms with Gasteiger partial charge >= 0.3 is 0 Å². The monoisotopic (exact) mass is 378 g/mol. The van der Waals surface area contributed by atoms with Crippen LogP contribution in [0.2, 0.25) is 0 Å². The molecular weight excluding hydrogens is 364 g/mol. The molecule has 0 saturated heterocycles. The van der Waals surface area contributed by atoms with E-state index in [0.29, 0.717) is 39.4 Å². The maximum Gasteiger partial charge on any atom is 0.196 e. The summed E-state index contributed by atoms with van der Waals surface area (Å²) in [4.78, 5) is 12.4. The van der Waals surface area contributed by atoms with Crippen LogP contribution in [0.15, 0.2) is 31.9 Å². The Bertz CT molecular complexity index is 975. The molecular formula is C17H15BrO5. The van der Waals surface area contributed by atoms with Gasteiger partial charge < -0.3 is 18.6 Å². The summed E-state index contributed by atoms with van der Waals surface area (Å²) in [6.45, 7) is 1.73. The highest BCUT2D eigenvalue weighted by atomic mass is 79.9. The highest BCUT2D eigenvalue weighted by Crippen LogP contribution is 2.46. The molecule has 120 valence electrons. The summed E-state index contributed by atoms with van der Waals surface area (Å²) in [6, 6.07) is 4.98. The fraction of sp³-hybridized carbons (Fsp3) is 0.235. The first-order valence-corrected chi connectivity index (χ1v) is 7.66. The SMILES string of the molecule is COc1cc(OC)c2c(OC)c3c(=O)cc(C)oc3cc2c1Br. The molecule has 0 radical (unpaired) electrons. The van der Waals surface area contributed by atoms with Gasteiger partial charge in [0.1, 0.15) is 34.0 Å². The molecule has 0 aliphatic rings. The third kappa shape index (κ3) is 2.34. The van der Waals surface area contributed by atoms with Crippen molar-refractivity contribution in [2.45, 2.75) is 6.92 Å². The second-order valence-corrected chi connectivity index (χ2v) is 5.81. The first kappa shape index (κ1) is 15.7. The van der Waals surface area contributed by atoms with E-state index in [4.69, 9.17) is 18.6 Å². The fourth-order valence-electron chi connectivity index (χ4n) is 2.73. The Labute approximate surface area is 140 Å². The first-order valence-electron chi connectivity index (χ1n) is 6.87. The zero-order chi connectivity index (χ0) is 16.7. The molecule has 1 heterocycles. The van der Waals surface area contributed by atoms with Gasteiger partial charge in [0.25, 0.3) is 0 Å². The third-order valence-corrected chi connectivity index (χ3v) is 4.52. The summed E-state index contributed by atoms with van der Waals surface area (Å²) < 4.78 is 22.8. The summed E-state index contributed by atoms with van der Waals surface area (Å²) in [7, 11) is 4.66. The van der Waals surface area contributed by atoms with Crippen molar-refractivity contribution < 1.29 is 18.6 Å². The van der Waals surface area contributed by atoms with Gasteiger partial charge in [-0.1, -0.05) is 0 Å². The number of aryl methyl sites for hydroxylation is 1. The minimum absolute atomic E-state index is 0.156. The summed E-state index contributed by atoms with van der Waals surface area (Å²) in [5.41, 5.74) is 0.298. The first-order chi connectivity index (χ1) is 11.0. The Balaban J connectivity index is 2.64. The summed E-state index contributed by atoms with van der Waals surface area (Å²) >= 11 is 3.54. The van der Waals surface area contributed by atoms with Crippen LogP contribution in [-0.4, -0.2) is 21.3 Å². The molecule has 1 aromatic heterocycles. The number of hydrogen-bond donors (Lipinski definition) is 0. The second-order valence-electron chi connectivity index (χ2n) is 5.02. The van der Waals surface area contributed by atoms with E-state index in [1.54, 1.807) is 33.3 Å². The number of hydrogen-bond acceptors (Lipinski definition) is 5. The van der Waals surface area contributed by atoms with Crippen molar-refractivity contribution in [2.24, 2.45) is 0 Å². The number of halogens is 1. The van der Waals surface area contributed by atoms with Gasteiger partial charge in [-0.25, -0.2) is 0 Å². The van der Waals surface area contributed by atoms with Gasteiger partial charge in [0.2, 0.25) is 0 Å². The topological polar surface area (TPSA) is 57.9 Å².